The van der Waals surface area contributed by atoms with E-state index >= 15 is 0 Å². The van der Waals surface area contributed by atoms with Gasteiger partial charge < -0.3 is 4.90 Å². The summed E-state index contributed by atoms with van der Waals surface area (Å²) in [5, 5.41) is 0. The van der Waals surface area contributed by atoms with Crippen molar-refractivity contribution in [3.63, 3.8) is 0 Å². The van der Waals surface area contributed by atoms with E-state index in [0.29, 0.717) is 0 Å². The van der Waals surface area contributed by atoms with Gasteiger partial charge in [-0.05, 0) is 25.0 Å². The Morgan fingerprint density at radius 1 is 1.06 bits per heavy atom. The molecule has 1 aromatic heterocycles. The number of pyridine rings is 1. The second-order valence-electron chi connectivity index (χ2n) is 4.92. The maximum absolute atomic E-state index is 4.43. The molecule has 1 heterocycles. The van der Waals surface area contributed by atoms with Crippen molar-refractivity contribution in [2.24, 2.45) is 0 Å². The highest BCUT2D eigenvalue weighted by atomic mass is 15.1. The molecule has 0 atom stereocenters. The third-order valence-corrected chi connectivity index (χ3v) is 3.10. The minimum Gasteiger partial charge on any atom is -0.378 e. The monoisotopic (exact) mass is 234 g/mol. The Bertz CT molecular complexity index is 308. The fourth-order valence-corrected chi connectivity index (χ4v) is 1.97. The minimum atomic E-state index is 1.12. The Morgan fingerprint density at radius 3 is 2.47 bits per heavy atom. The molecule has 0 aromatic carbocycles. The molecule has 0 N–H and O–H groups in total. The summed E-state index contributed by atoms with van der Waals surface area (Å²) in [7, 11) is 4.15. The van der Waals surface area contributed by atoms with Gasteiger partial charge in [0.15, 0.2) is 0 Å². The van der Waals surface area contributed by atoms with E-state index in [1.807, 2.05) is 6.20 Å². The van der Waals surface area contributed by atoms with Gasteiger partial charge in [0.1, 0.15) is 0 Å². The van der Waals surface area contributed by atoms with Crippen molar-refractivity contribution in [3.8, 4) is 0 Å². The third-order valence-electron chi connectivity index (χ3n) is 3.10. The second kappa shape index (κ2) is 8.10. The first-order chi connectivity index (χ1) is 8.24. The van der Waals surface area contributed by atoms with Gasteiger partial charge in [-0.3, -0.25) is 4.98 Å². The predicted octanol–water partition coefficient (Wildman–Crippen LogP) is 4.05. The van der Waals surface area contributed by atoms with Gasteiger partial charge in [0.05, 0.1) is 0 Å². The molecular weight excluding hydrogens is 208 g/mol. The first-order valence-corrected chi connectivity index (χ1v) is 6.86. The molecule has 0 radical (unpaired) electrons. The van der Waals surface area contributed by atoms with Crippen LogP contribution in [0.4, 0.5) is 5.69 Å². The quantitative estimate of drug-likeness (QED) is 0.631. The summed E-state index contributed by atoms with van der Waals surface area (Å²) < 4.78 is 0. The number of nitrogens with zero attached hydrogens (tertiary/aromatic N) is 2. The van der Waals surface area contributed by atoms with E-state index in [4.69, 9.17) is 0 Å². The van der Waals surface area contributed by atoms with Crippen LogP contribution in [0.1, 0.15) is 51.1 Å². The van der Waals surface area contributed by atoms with Gasteiger partial charge in [0, 0.05) is 31.7 Å². The molecule has 0 bridgehead atoms. The van der Waals surface area contributed by atoms with Crippen molar-refractivity contribution >= 4 is 5.69 Å². The molecule has 1 aromatic rings. The minimum absolute atomic E-state index is 1.12. The lowest BCUT2D eigenvalue weighted by molar-refractivity contribution is 0.604. The number of aromatic nitrogens is 1. The van der Waals surface area contributed by atoms with Gasteiger partial charge in [0.2, 0.25) is 0 Å². The molecule has 17 heavy (non-hydrogen) atoms. The number of anilines is 1. The molecule has 2 heteroatoms. The fraction of sp³-hybridized carbons (Fsp3) is 0.667. The normalized spacial score (nSPS) is 10.5. The highest BCUT2D eigenvalue weighted by Gasteiger charge is 1.99. The second-order valence-corrected chi connectivity index (χ2v) is 4.92. The van der Waals surface area contributed by atoms with Crippen LogP contribution in [-0.2, 0) is 6.42 Å². The molecule has 2 nitrogen and oxygen atoms in total. The van der Waals surface area contributed by atoms with Crippen LogP contribution in [0.5, 0.6) is 0 Å². The number of hydrogen-bond acceptors (Lipinski definition) is 2. The average Bonchev–Trinajstić information content (AvgIpc) is 2.34. The Labute approximate surface area is 106 Å². The topological polar surface area (TPSA) is 16.1 Å². The van der Waals surface area contributed by atoms with Crippen molar-refractivity contribution in [2.45, 2.75) is 51.9 Å². The largest absolute Gasteiger partial charge is 0.378 e. The van der Waals surface area contributed by atoms with Gasteiger partial charge in [-0.15, -0.1) is 0 Å². The van der Waals surface area contributed by atoms with E-state index in [-0.39, 0.29) is 0 Å². The molecule has 96 valence electrons. The Kier molecular flexibility index (Phi) is 6.68. The van der Waals surface area contributed by atoms with Crippen molar-refractivity contribution in [1.29, 1.82) is 0 Å². The zero-order valence-electron chi connectivity index (χ0n) is 11.6. The predicted molar refractivity (Wildman–Crippen MR) is 75.6 cm³/mol. The van der Waals surface area contributed by atoms with Crippen LogP contribution in [-0.4, -0.2) is 19.1 Å². The first kappa shape index (κ1) is 14.0. The molecule has 0 aliphatic heterocycles. The van der Waals surface area contributed by atoms with Gasteiger partial charge in [0.25, 0.3) is 0 Å². The van der Waals surface area contributed by atoms with Gasteiger partial charge >= 0.3 is 0 Å². The molecule has 0 saturated carbocycles. The van der Waals surface area contributed by atoms with Crippen LogP contribution in [0.25, 0.3) is 0 Å². The Morgan fingerprint density at radius 2 is 1.76 bits per heavy atom. The zero-order chi connectivity index (χ0) is 12.5. The lowest BCUT2D eigenvalue weighted by Gasteiger charge is -2.12. The van der Waals surface area contributed by atoms with Crippen LogP contribution in [0, 0.1) is 0 Å². The summed E-state index contributed by atoms with van der Waals surface area (Å²) in [6, 6.07) is 4.26. The summed E-state index contributed by atoms with van der Waals surface area (Å²) in [5.41, 5.74) is 2.48. The van der Waals surface area contributed by atoms with Crippen molar-refractivity contribution < 1.29 is 0 Å². The highest BCUT2D eigenvalue weighted by Crippen LogP contribution is 2.14. The lowest BCUT2D eigenvalue weighted by atomic mass is 10.1. The summed E-state index contributed by atoms with van der Waals surface area (Å²) in [4.78, 5) is 6.56. The van der Waals surface area contributed by atoms with E-state index < -0.39 is 0 Å². The zero-order valence-corrected chi connectivity index (χ0v) is 11.6. The molecular formula is C15H26N2. The highest BCUT2D eigenvalue weighted by molar-refractivity contribution is 5.44. The van der Waals surface area contributed by atoms with Crippen molar-refractivity contribution in [1.82, 2.24) is 4.98 Å². The Balaban J connectivity index is 2.24. The van der Waals surface area contributed by atoms with Crippen LogP contribution >= 0.6 is 0 Å². The number of aryl methyl sites for hydroxylation is 1. The third kappa shape index (κ3) is 5.71. The average molecular weight is 234 g/mol. The van der Waals surface area contributed by atoms with E-state index in [1.165, 1.54) is 49.9 Å². The van der Waals surface area contributed by atoms with Crippen molar-refractivity contribution in [2.75, 3.05) is 19.0 Å². The number of unbranched alkanes of at least 4 members (excludes halogenated alkanes) is 5. The molecule has 0 aliphatic rings. The van der Waals surface area contributed by atoms with Gasteiger partial charge in [-0.1, -0.05) is 39.0 Å². The molecule has 0 aliphatic carbocycles. The molecule has 0 spiro atoms. The molecule has 0 unspecified atom stereocenters. The van der Waals surface area contributed by atoms with Gasteiger partial charge in [-0.2, -0.15) is 0 Å². The fourth-order valence-electron chi connectivity index (χ4n) is 1.97. The van der Waals surface area contributed by atoms with E-state index in [1.54, 1.807) is 0 Å². The first-order valence-electron chi connectivity index (χ1n) is 6.86. The maximum atomic E-state index is 4.43. The number of rotatable bonds is 8. The van der Waals surface area contributed by atoms with E-state index in [0.717, 1.165) is 6.42 Å². The number of hydrogen-bond donors (Lipinski definition) is 0. The van der Waals surface area contributed by atoms with Crippen LogP contribution in [0.15, 0.2) is 18.3 Å². The lowest BCUT2D eigenvalue weighted by Crippen LogP contribution is -2.09. The SMILES string of the molecule is CCCCCCCCc1cc(N(C)C)ccn1. The summed E-state index contributed by atoms with van der Waals surface area (Å²) >= 11 is 0. The Hall–Kier alpha value is -1.05. The van der Waals surface area contributed by atoms with Gasteiger partial charge in [-0.25, -0.2) is 0 Å². The van der Waals surface area contributed by atoms with Crippen molar-refractivity contribution in [3.05, 3.63) is 24.0 Å². The molecule has 1 rings (SSSR count). The van der Waals surface area contributed by atoms with Crippen LogP contribution in [0.3, 0.4) is 0 Å². The maximum Gasteiger partial charge on any atom is 0.0424 e. The smallest absolute Gasteiger partial charge is 0.0424 e. The molecule has 0 amide bonds. The summed E-state index contributed by atoms with van der Waals surface area (Å²) in [5.74, 6) is 0. The van der Waals surface area contributed by atoms with Crippen LogP contribution in [0.2, 0.25) is 0 Å². The standard InChI is InChI=1S/C15H26N2/c1-4-5-6-7-8-9-10-14-13-15(17(2)3)11-12-16-14/h11-13H,4-10H2,1-3H3. The summed E-state index contributed by atoms with van der Waals surface area (Å²) in [6.07, 6.45) is 11.1. The van der Waals surface area contributed by atoms with Crippen LogP contribution < -0.4 is 4.90 Å². The van der Waals surface area contributed by atoms with E-state index in [9.17, 15) is 0 Å². The molecule has 0 saturated heterocycles. The molecule has 0 fully saturated rings. The van der Waals surface area contributed by atoms with E-state index in [2.05, 4.69) is 43.0 Å². The summed E-state index contributed by atoms with van der Waals surface area (Å²) in [6.45, 7) is 2.26.